The van der Waals surface area contributed by atoms with E-state index in [2.05, 4.69) is 93.6 Å². The van der Waals surface area contributed by atoms with Gasteiger partial charge in [-0.25, -0.2) is 0 Å². The topological polar surface area (TPSA) is 58.6 Å². The molecule has 2 unspecified atom stereocenters. The normalized spacial score (nSPS) is 17.0. The highest BCUT2D eigenvalue weighted by Gasteiger charge is 2.44. The Morgan fingerprint density at radius 1 is 0.600 bits per heavy atom. The summed E-state index contributed by atoms with van der Waals surface area (Å²) in [6.45, 7) is 11.3. The van der Waals surface area contributed by atoms with Crippen LogP contribution < -0.4 is 5.32 Å². The van der Waals surface area contributed by atoms with Crippen molar-refractivity contribution in [3.05, 3.63) is 48.6 Å². The molecule has 1 aliphatic heterocycles. The van der Waals surface area contributed by atoms with Crippen LogP contribution in [0.1, 0.15) is 214 Å². The van der Waals surface area contributed by atoms with Crippen molar-refractivity contribution < 1.29 is 14.3 Å². The van der Waals surface area contributed by atoms with Gasteiger partial charge in [0.25, 0.3) is 5.91 Å². The second-order valence-electron chi connectivity index (χ2n) is 16.8. The van der Waals surface area contributed by atoms with Crippen LogP contribution in [0.3, 0.4) is 0 Å². The van der Waals surface area contributed by atoms with Gasteiger partial charge in [-0.1, -0.05) is 160 Å². The fourth-order valence-corrected chi connectivity index (χ4v) is 7.81. The Kier molecular flexibility index (Phi) is 33.5. The highest BCUT2D eigenvalue weighted by Crippen LogP contribution is 2.32. The number of allylic oxidation sites excluding steroid dienone is 8. The largest absolute Gasteiger partial charge is 0.449 e. The van der Waals surface area contributed by atoms with Gasteiger partial charge in [0.1, 0.15) is 0 Å². The second kappa shape index (κ2) is 36.2. The molecule has 1 rings (SSSR count). The smallest absolute Gasteiger partial charge is 0.310 e. The first-order valence-electron chi connectivity index (χ1n) is 23.7. The Morgan fingerprint density at radius 2 is 1.02 bits per heavy atom. The highest BCUT2D eigenvalue weighted by atomic mass is 16.6. The van der Waals surface area contributed by atoms with Gasteiger partial charge in [-0.3, -0.25) is 9.59 Å². The molecule has 2 atom stereocenters. The van der Waals surface area contributed by atoms with Gasteiger partial charge >= 0.3 is 5.97 Å². The lowest BCUT2D eigenvalue weighted by Crippen LogP contribution is -2.52. The minimum Gasteiger partial charge on any atom is -0.449 e. The predicted octanol–water partition coefficient (Wildman–Crippen LogP) is 14.2. The summed E-state index contributed by atoms with van der Waals surface area (Å²) in [6.07, 6.45) is 51.1. The fourth-order valence-electron chi connectivity index (χ4n) is 7.81. The van der Waals surface area contributed by atoms with Crippen LogP contribution in [0, 0.1) is 11.8 Å². The summed E-state index contributed by atoms with van der Waals surface area (Å²) in [6, 6.07) is 0. The molecule has 0 radical (unpaired) electrons. The number of rotatable bonds is 36. The van der Waals surface area contributed by atoms with E-state index in [-0.39, 0.29) is 23.7 Å². The van der Waals surface area contributed by atoms with Crippen molar-refractivity contribution in [2.24, 2.45) is 11.8 Å². The summed E-state index contributed by atoms with van der Waals surface area (Å²) in [7, 11) is 2.13. The van der Waals surface area contributed by atoms with Crippen molar-refractivity contribution in [2.45, 2.75) is 219 Å². The number of piperidine rings is 1. The van der Waals surface area contributed by atoms with Crippen molar-refractivity contribution in [3.63, 3.8) is 0 Å². The van der Waals surface area contributed by atoms with Gasteiger partial charge in [0.2, 0.25) is 0 Å². The number of nitrogens with one attached hydrogen (secondary N) is 1. The van der Waals surface area contributed by atoms with E-state index in [1.54, 1.807) is 0 Å². The van der Waals surface area contributed by atoms with E-state index in [0.717, 1.165) is 83.7 Å². The first-order valence-corrected chi connectivity index (χ1v) is 23.7. The number of carbonyl (C=O) groups is 2. The predicted molar refractivity (Wildman–Crippen MR) is 239 cm³/mol. The van der Waals surface area contributed by atoms with Crippen LogP contribution in [0.2, 0.25) is 0 Å². The number of nitrogens with zero attached hydrogens (tertiary/aromatic N) is 1. The van der Waals surface area contributed by atoms with Gasteiger partial charge in [0.15, 0.2) is 5.60 Å². The van der Waals surface area contributed by atoms with Gasteiger partial charge in [-0.2, -0.15) is 0 Å². The third kappa shape index (κ3) is 27.2. The Hall–Kier alpha value is -2.14. The van der Waals surface area contributed by atoms with Gasteiger partial charge in [0, 0.05) is 13.1 Å². The molecule has 318 valence electrons. The molecule has 1 amide bonds. The zero-order chi connectivity index (χ0) is 40.1. The Bertz CT molecular complexity index is 982. The van der Waals surface area contributed by atoms with E-state index >= 15 is 0 Å². The van der Waals surface area contributed by atoms with Crippen LogP contribution in [0.25, 0.3) is 0 Å². The number of amides is 1. The van der Waals surface area contributed by atoms with Crippen LogP contribution in [0.4, 0.5) is 0 Å². The molecule has 5 heteroatoms. The summed E-state index contributed by atoms with van der Waals surface area (Å²) < 4.78 is 6.53. The van der Waals surface area contributed by atoms with E-state index in [9.17, 15) is 9.59 Å². The average molecular weight is 767 g/mol. The van der Waals surface area contributed by atoms with Crippen molar-refractivity contribution in [2.75, 3.05) is 26.7 Å². The van der Waals surface area contributed by atoms with Gasteiger partial charge in [0.05, 0.1) is 5.92 Å². The molecule has 1 aliphatic rings. The lowest BCUT2D eigenvalue weighted by Gasteiger charge is -2.38. The van der Waals surface area contributed by atoms with Crippen LogP contribution in [-0.4, -0.2) is 49.1 Å². The van der Waals surface area contributed by atoms with Crippen LogP contribution in [0.5, 0.6) is 0 Å². The van der Waals surface area contributed by atoms with E-state index in [1.807, 2.05) is 0 Å². The Labute approximate surface area is 342 Å². The lowest BCUT2D eigenvalue weighted by molar-refractivity contribution is -0.177. The Morgan fingerprint density at radius 3 is 1.45 bits per heavy atom. The zero-order valence-corrected chi connectivity index (χ0v) is 37.1. The molecule has 55 heavy (non-hydrogen) atoms. The molecule has 1 N–H and O–H groups in total. The standard InChI is InChI=1S/C50H90N2O3/c1-6-9-12-14-16-18-20-22-24-26-28-30-32-34-36-38-41-50(49(54)51-43-11-8-3,55-48(53)47-40-44-52(5)45-46(47)4)42-39-37-35-33-31-29-27-25-23-21-19-17-15-13-10-7-2/h16-19,22-25,46-47H,6-15,20-21,26-45H2,1-5H3,(H,51,54)/b18-16-,19-17-,24-22-,25-23-. The molecule has 0 aromatic rings. The molecule has 0 aromatic heterocycles. The lowest BCUT2D eigenvalue weighted by atomic mass is 9.85. The number of esters is 1. The molecule has 0 bridgehead atoms. The minimum absolute atomic E-state index is 0.0555. The number of unbranched alkanes of at least 4 members (excludes halogenated alkanes) is 19. The molecular weight excluding hydrogens is 677 g/mol. The first kappa shape index (κ1) is 50.9. The highest BCUT2D eigenvalue weighted by molar-refractivity contribution is 5.88. The van der Waals surface area contributed by atoms with E-state index in [4.69, 9.17) is 4.74 Å². The van der Waals surface area contributed by atoms with Gasteiger partial charge < -0.3 is 15.0 Å². The molecule has 5 nitrogen and oxygen atoms in total. The molecule has 0 spiro atoms. The number of likely N-dealkylation sites (tertiary alicyclic amines) is 1. The van der Waals surface area contributed by atoms with E-state index in [0.29, 0.717) is 19.4 Å². The number of hydrogen-bond donors (Lipinski definition) is 1. The molecule has 0 aromatic carbocycles. The van der Waals surface area contributed by atoms with Gasteiger partial charge in [-0.15, -0.1) is 0 Å². The van der Waals surface area contributed by atoms with Crippen LogP contribution in [0.15, 0.2) is 48.6 Å². The zero-order valence-electron chi connectivity index (χ0n) is 37.1. The summed E-state index contributed by atoms with van der Waals surface area (Å²) in [5, 5.41) is 3.21. The third-order valence-corrected chi connectivity index (χ3v) is 11.5. The quantitative estimate of drug-likeness (QED) is 0.0392. The Balaban J connectivity index is 2.64. The summed E-state index contributed by atoms with van der Waals surface area (Å²) >= 11 is 0. The average Bonchev–Trinajstić information content (AvgIpc) is 3.17. The maximum atomic E-state index is 14.1. The maximum Gasteiger partial charge on any atom is 0.310 e. The number of carbonyl (C=O) groups excluding carboxylic acids is 2. The summed E-state index contributed by atoms with van der Waals surface area (Å²) in [4.78, 5) is 30.2. The molecule has 0 aliphatic carbocycles. The van der Waals surface area contributed by atoms with Crippen LogP contribution >= 0.6 is 0 Å². The van der Waals surface area contributed by atoms with Crippen LogP contribution in [-0.2, 0) is 14.3 Å². The molecule has 0 saturated carbocycles. The number of ether oxygens (including phenoxy) is 1. The summed E-state index contributed by atoms with van der Waals surface area (Å²) in [5.41, 5.74) is -1.06. The maximum absolute atomic E-state index is 14.1. The number of hydrogen-bond acceptors (Lipinski definition) is 4. The van der Waals surface area contributed by atoms with E-state index in [1.165, 1.54) is 103 Å². The molecule has 1 heterocycles. The molecular formula is C50H90N2O3. The van der Waals surface area contributed by atoms with Crippen molar-refractivity contribution >= 4 is 11.9 Å². The SMILES string of the molecule is CCCCC/C=C\C/C=C\CCCCCCCCC(CCCCCCCC/C=C\C/C=C\CCCCC)(OC(=O)C1CCN(C)CC1C)C(=O)NCCCC. The minimum atomic E-state index is -1.06. The first-order chi connectivity index (χ1) is 26.9. The van der Waals surface area contributed by atoms with Gasteiger partial charge in [-0.05, 0) is 122 Å². The van der Waals surface area contributed by atoms with Crippen molar-refractivity contribution in [3.8, 4) is 0 Å². The second-order valence-corrected chi connectivity index (χ2v) is 16.8. The monoisotopic (exact) mass is 767 g/mol. The molecule has 1 fully saturated rings. The fraction of sp³-hybridized carbons (Fsp3) is 0.800. The van der Waals surface area contributed by atoms with Crippen molar-refractivity contribution in [1.29, 1.82) is 0 Å². The third-order valence-electron chi connectivity index (χ3n) is 11.5. The summed E-state index contributed by atoms with van der Waals surface area (Å²) in [5.74, 6) is -0.104. The molecule has 1 saturated heterocycles. The van der Waals surface area contributed by atoms with Crippen molar-refractivity contribution in [1.82, 2.24) is 10.2 Å². The van der Waals surface area contributed by atoms with E-state index < -0.39 is 5.60 Å².